The molecule has 3 N–H and O–H groups in total. The molecule has 0 aromatic rings. The molecule has 1 saturated heterocycles. The summed E-state index contributed by atoms with van der Waals surface area (Å²) in [7, 11) is 0. The third-order valence-corrected chi connectivity index (χ3v) is 2.16. The van der Waals surface area contributed by atoms with Gasteiger partial charge in [0.1, 0.15) is 5.60 Å². The molecule has 0 aromatic carbocycles. The summed E-state index contributed by atoms with van der Waals surface area (Å²) in [6.07, 6.45) is 0.350. The molecule has 0 spiro atoms. The summed E-state index contributed by atoms with van der Waals surface area (Å²) in [5, 5.41) is 14.8. The standard InChI is InChI=1S/C10H20N2O3/c1-10(2,3)15-9(14)12-7-4-8(6-13)11-5-7/h7-8,11,13H,4-6H2,1-3H3,(H,12,14)/t7?,8-/m0/s1. The van der Waals surface area contributed by atoms with Crippen LogP contribution in [0, 0.1) is 0 Å². The van der Waals surface area contributed by atoms with Crippen LogP contribution in [0.1, 0.15) is 27.2 Å². The summed E-state index contributed by atoms with van der Waals surface area (Å²) in [4.78, 5) is 11.4. The van der Waals surface area contributed by atoms with Crippen LogP contribution in [0.25, 0.3) is 0 Å². The smallest absolute Gasteiger partial charge is 0.407 e. The van der Waals surface area contributed by atoms with Gasteiger partial charge >= 0.3 is 6.09 Å². The largest absolute Gasteiger partial charge is 0.444 e. The Bertz CT molecular complexity index is 225. The van der Waals surface area contributed by atoms with Crippen molar-refractivity contribution in [2.45, 2.75) is 44.9 Å². The van der Waals surface area contributed by atoms with Gasteiger partial charge in [0.25, 0.3) is 0 Å². The van der Waals surface area contributed by atoms with Crippen LogP contribution in [-0.4, -0.2) is 42.0 Å². The first-order chi connectivity index (χ1) is 6.90. The van der Waals surface area contributed by atoms with Crippen molar-refractivity contribution in [2.75, 3.05) is 13.2 Å². The van der Waals surface area contributed by atoms with Crippen LogP contribution in [0.3, 0.4) is 0 Å². The summed E-state index contributed by atoms with van der Waals surface area (Å²) in [6.45, 7) is 6.28. The first-order valence-corrected chi connectivity index (χ1v) is 5.24. The maximum atomic E-state index is 11.4. The van der Waals surface area contributed by atoms with E-state index in [9.17, 15) is 4.79 Å². The number of nitrogens with one attached hydrogen (secondary N) is 2. The van der Waals surface area contributed by atoms with Gasteiger partial charge in [0.05, 0.1) is 6.61 Å². The lowest BCUT2D eigenvalue weighted by molar-refractivity contribution is 0.0507. The zero-order valence-electron chi connectivity index (χ0n) is 9.54. The van der Waals surface area contributed by atoms with Gasteiger partial charge in [0, 0.05) is 18.6 Å². The van der Waals surface area contributed by atoms with Crippen molar-refractivity contribution >= 4 is 6.09 Å². The molecule has 2 atom stereocenters. The van der Waals surface area contributed by atoms with Gasteiger partial charge in [-0.05, 0) is 27.2 Å². The molecule has 0 aliphatic carbocycles. The van der Waals surface area contributed by atoms with Crippen LogP contribution in [0.5, 0.6) is 0 Å². The Morgan fingerprint density at radius 3 is 2.73 bits per heavy atom. The van der Waals surface area contributed by atoms with Gasteiger partial charge in [-0.2, -0.15) is 0 Å². The third kappa shape index (κ3) is 4.48. The molecule has 15 heavy (non-hydrogen) atoms. The molecule has 1 aliphatic heterocycles. The molecule has 5 heteroatoms. The normalized spacial score (nSPS) is 26.4. The predicted molar refractivity (Wildman–Crippen MR) is 56.7 cm³/mol. The molecule has 5 nitrogen and oxygen atoms in total. The summed E-state index contributed by atoms with van der Waals surface area (Å²) >= 11 is 0. The molecule has 0 bridgehead atoms. The Hall–Kier alpha value is -0.810. The van der Waals surface area contributed by atoms with Crippen molar-refractivity contribution in [1.29, 1.82) is 0 Å². The molecule has 1 aliphatic rings. The Kier molecular flexibility index (Phi) is 3.93. The molecule has 1 rings (SSSR count). The van der Waals surface area contributed by atoms with Crippen LogP contribution in [0.15, 0.2) is 0 Å². The summed E-state index contributed by atoms with van der Waals surface area (Å²) < 4.78 is 5.13. The van der Waals surface area contributed by atoms with Gasteiger partial charge in [-0.1, -0.05) is 0 Å². The van der Waals surface area contributed by atoms with E-state index in [2.05, 4.69) is 10.6 Å². The first kappa shape index (κ1) is 12.3. The minimum Gasteiger partial charge on any atom is -0.444 e. The van der Waals surface area contributed by atoms with Gasteiger partial charge in [-0.15, -0.1) is 0 Å². The molecule has 1 amide bonds. The van der Waals surface area contributed by atoms with Crippen molar-refractivity contribution in [2.24, 2.45) is 0 Å². The van der Waals surface area contributed by atoms with Crippen LogP contribution < -0.4 is 10.6 Å². The first-order valence-electron chi connectivity index (χ1n) is 5.24. The second-order valence-electron chi connectivity index (χ2n) is 4.87. The predicted octanol–water partition coefficient (Wildman–Crippen LogP) is 0.234. The van der Waals surface area contributed by atoms with Gasteiger partial charge in [0.2, 0.25) is 0 Å². The lowest BCUT2D eigenvalue weighted by Crippen LogP contribution is -2.40. The summed E-state index contributed by atoms with van der Waals surface area (Å²) in [5.74, 6) is 0. The highest BCUT2D eigenvalue weighted by Crippen LogP contribution is 2.09. The minimum absolute atomic E-state index is 0.0528. The van der Waals surface area contributed by atoms with E-state index >= 15 is 0 Å². The Labute approximate surface area is 90.2 Å². The molecule has 0 saturated carbocycles. The molecular formula is C10H20N2O3. The number of carbonyl (C=O) groups excluding carboxylic acids is 1. The van der Waals surface area contributed by atoms with Crippen molar-refractivity contribution < 1.29 is 14.6 Å². The molecule has 88 valence electrons. The van der Waals surface area contributed by atoms with Crippen molar-refractivity contribution in [3.05, 3.63) is 0 Å². The van der Waals surface area contributed by atoms with Crippen molar-refractivity contribution in [1.82, 2.24) is 10.6 Å². The zero-order valence-corrected chi connectivity index (χ0v) is 9.54. The molecular weight excluding hydrogens is 196 g/mol. The highest BCUT2D eigenvalue weighted by atomic mass is 16.6. The van der Waals surface area contributed by atoms with Gasteiger partial charge in [-0.3, -0.25) is 0 Å². The molecule has 1 unspecified atom stereocenters. The second kappa shape index (κ2) is 4.81. The lowest BCUT2D eigenvalue weighted by atomic mass is 10.2. The molecule has 0 radical (unpaired) electrons. The number of rotatable bonds is 2. The van der Waals surface area contributed by atoms with E-state index in [4.69, 9.17) is 9.84 Å². The molecule has 0 aromatic heterocycles. The zero-order chi connectivity index (χ0) is 11.5. The van der Waals surface area contributed by atoms with Gasteiger partial charge < -0.3 is 20.5 Å². The van der Waals surface area contributed by atoms with E-state index in [1.54, 1.807) is 0 Å². The number of aliphatic hydroxyl groups is 1. The number of hydrogen-bond donors (Lipinski definition) is 3. The Morgan fingerprint density at radius 2 is 2.27 bits per heavy atom. The fraction of sp³-hybridized carbons (Fsp3) is 0.900. The lowest BCUT2D eigenvalue weighted by Gasteiger charge is -2.21. The number of carbonyl (C=O) groups is 1. The number of aliphatic hydroxyl groups excluding tert-OH is 1. The van der Waals surface area contributed by atoms with Gasteiger partial charge in [-0.25, -0.2) is 4.79 Å². The highest BCUT2D eigenvalue weighted by molar-refractivity contribution is 5.68. The van der Waals surface area contributed by atoms with Crippen LogP contribution in [0.4, 0.5) is 4.79 Å². The van der Waals surface area contributed by atoms with Crippen molar-refractivity contribution in [3.63, 3.8) is 0 Å². The van der Waals surface area contributed by atoms with Crippen molar-refractivity contribution in [3.8, 4) is 0 Å². The second-order valence-corrected chi connectivity index (χ2v) is 4.87. The molecule has 1 heterocycles. The summed E-state index contributed by atoms with van der Waals surface area (Å²) in [6, 6.07) is 0.141. The average molecular weight is 216 g/mol. The quantitative estimate of drug-likeness (QED) is 0.618. The summed E-state index contributed by atoms with van der Waals surface area (Å²) in [5.41, 5.74) is -0.466. The third-order valence-electron chi connectivity index (χ3n) is 2.16. The number of alkyl carbamates (subject to hydrolysis) is 1. The van der Waals surface area contributed by atoms with E-state index in [1.807, 2.05) is 20.8 Å². The fourth-order valence-corrected chi connectivity index (χ4v) is 1.54. The van der Waals surface area contributed by atoms with E-state index < -0.39 is 11.7 Å². The Morgan fingerprint density at radius 1 is 1.60 bits per heavy atom. The fourth-order valence-electron chi connectivity index (χ4n) is 1.54. The van der Waals surface area contributed by atoms with Crippen LogP contribution in [0.2, 0.25) is 0 Å². The van der Waals surface area contributed by atoms with Crippen LogP contribution in [-0.2, 0) is 4.74 Å². The maximum absolute atomic E-state index is 11.4. The van der Waals surface area contributed by atoms with Crippen LogP contribution >= 0.6 is 0 Å². The van der Waals surface area contributed by atoms with E-state index in [1.165, 1.54) is 0 Å². The molecule has 1 fully saturated rings. The van der Waals surface area contributed by atoms with Gasteiger partial charge in [0.15, 0.2) is 0 Å². The number of amides is 1. The van der Waals surface area contributed by atoms with E-state index in [-0.39, 0.29) is 18.7 Å². The highest BCUT2D eigenvalue weighted by Gasteiger charge is 2.26. The minimum atomic E-state index is -0.466. The maximum Gasteiger partial charge on any atom is 0.407 e. The number of hydrogen-bond acceptors (Lipinski definition) is 4. The number of ether oxygens (including phenoxy) is 1. The van der Waals surface area contributed by atoms with E-state index in [0.29, 0.717) is 6.54 Å². The topological polar surface area (TPSA) is 70.6 Å². The SMILES string of the molecule is CC(C)(C)OC(=O)NC1CN[C@H](CO)C1. The monoisotopic (exact) mass is 216 g/mol. The average Bonchev–Trinajstić information content (AvgIpc) is 2.48. The Balaban J connectivity index is 2.28. The van der Waals surface area contributed by atoms with E-state index in [0.717, 1.165) is 6.42 Å².